The Morgan fingerprint density at radius 3 is 2.86 bits per heavy atom. The van der Waals surface area contributed by atoms with Crippen LogP contribution < -0.4 is 5.32 Å². The van der Waals surface area contributed by atoms with Crippen molar-refractivity contribution < 1.29 is 4.42 Å². The molecule has 2 aliphatic rings. The fourth-order valence-corrected chi connectivity index (χ4v) is 3.37. The van der Waals surface area contributed by atoms with E-state index in [0.717, 1.165) is 31.4 Å². The number of fused-ring (bicyclic) bond motifs is 1. The van der Waals surface area contributed by atoms with Crippen LogP contribution in [0.25, 0.3) is 0 Å². The fourth-order valence-electron chi connectivity index (χ4n) is 3.37. The second-order valence-electron chi connectivity index (χ2n) is 6.23. The first-order valence-corrected chi connectivity index (χ1v) is 7.99. The molecule has 1 N–H and O–H groups in total. The van der Waals surface area contributed by atoms with Crippen molar-refractivity contribution >= 4 is 5.69 Å². The third-order valence-corrected chi connectivity index (χ3v) is 4.71. The van der Waals surface area contributed by atoms with Crippen molar-refractivity contribution in [1.82, 2.24) is 4.90 Å². The van der Waals surface area contributed by atoms with Crippen molar-refractivity contribution in [2.24, 2.45) is 0 Å². The smallest absolute Gasteiger partial charge is 0.117 e. The van der Waals surface area contributed by atoms with E-state index in [0.29, 0.717) is 5.92 Å². The Hall–Kier alpha value is -1.74. The predicted octanol–water partition coefficient (Wildman–Crippen LogP) is 3.84. The monoisotopic (exact) mass is 282 g/mol. The van der Waals surface area contributed by atoms with Crippen molar-refractivity contribution in [1.29, 1.82) is 0 Å². The minimum Gasteiger partial charge on any atom is -0.468 e. The van der Waals surface area contributed by atoms with Crippen LogP contribution in [-0.2, 0) is 6.54 Å². The van der Waals surface area contributed by atoms with Crippen LogP contribution in [0, 0.1) is 0 Å². The summed E-state index contributed by atoms with van der Waals surface area (Å²) in [7, 11) is 0. The molecule has 1 aliphatic heterocycles. The van der Waals surface area contributed by atoms with Crippen molar-refractivity contribution in [2.45, 2.75) is 37.8 Å². The standard InChI is InChI=1S/C18H22N2O/c1-2-6-18-17(5-1)14(12-19-18)9-10-20(15-7-8-15)13-16-4-3-11-21-16/h1-6,11,14-15,19H,7-10,12-13H2. The Kier molecular flexibility index (Phi) is 3.44. The molecule has 0 amide bonds. The van der Waals surface area contributed by atoms with Gasteiger partial charge in [-0.1, -0.05) is 18.2 Å². The van der Waals surface area contributed by atoms with Crippen LogP contribution >= 0.6 is 0 Å². The van der Waals surface area contributed by atoms with Crippen molar-refractivity contribution in [3.05, 3.63) is 54.0 Å². The summed E-state index contributed by atoms with van der Waals surface area (Å²) in [5.41, 5.74) is 2.82. The lowest BCUT2D eigenvalue weighted by molar-refractivity contribution is 0.226. The largest absolute Gasteiger partial charge is 0.468 e. The molecule has 0 saturated heterocycles. The third kappa shape index (κ3) is 2.84. The minimum absolute atomic E-state index is 0.652. The number of benzene rings is 1. The van der Waals surface area contributed by atoms with E-state index in [1.807, 2.05) is 6.07 Å². The number of para-hydroxylation sites is 1. The molecule has 1 saturated carbocycles. The van der Waals surface area contributed by atoms with Crippen molar-refractivity contribution in [3.8, 4) is 0 Å². The SMILES string of the molecule is c1coc(CN(CCC2CNc3ccccc32)C2CC2)c1. The normalized spacial score (nSPS) is 20.5. The maximum atomic E-state index is 5.52. The number of hydrogen-bond acceptors (Lipinski definition) is 3. The summed E-state index contributed by atoms with van der Waals surface area (Å²) in [6, 6.07) is 13.6. The van der Waals surface area contributed by atoms with Gasteiger partial charge in [-0.3, -0.25) is 4.90 Å². The van der Waals surface area contributed by atoms with Gasteiger partial charge in [0.1, 0.15) is 5.76 Å². The number of rotatable bonds is 6. The molecular weight excluding hydrogens is 260 g/mol. The molecule has 4 rings (SSSR count). The highest BCUT2D eigenvalue weighted by Crippen LogP contribution is 2.35. The van der Waals surface area contributed by atoms with E-state index in [1.165, 1.54) is 30.5 Å². The van der Waals surface area contributed by atoms with E-state index in [-0.39, 0.29) is 0 Å². The summed E-state index contributed by atoms with van der Waals surface area (Å²) in [6.45, 7) is 3.20. The fraction of sp³-hybridized carbons (Fsp3) is 0.444. The quantitative estimate of drug-likeness (QED) is 0.872. The molecule has 2 aromatic rings. The van der Waals surface area contributed by atoms with Gasteiger partial charge in [0.25, 0.3) is 0 Å². The maximum Gasteiger partial charge on any atom is 0.117 e. The van der Waals surface area contributed by atoms with Crippen molar-refractivity contribution in [2.75, 3.05) is 18.4 Å². The first kappa shape index (κ1) is 13.0. The molecule has 3 nitrogen and oxygen atoms in total. The van der Waals surface area contributed by atoms with Crippen molar-refractivity contribution in [3.63, 3.8) is 0 Å². The van der Waals surface area contributed by atoms with E-state index in [1.54, 1.807) is 6.26 Å². The Labute approximate surface area is 126 Å². The number of furan rings is 1. The molecule has 1 aromatic heterocycles. The second-order valence-corrected chi connectivity index (χ2v) is 6.23. The highest BCUT2D eigenvalue weighted by Gasteiger charge is 2.30. The van der Waals surface area contributed by atoms with Gasteiger partial charge >= 0.3 is 0 Å². The zero-order valence-corrected chi connectivity index (χ0v) is 12.3. The molecule has 1 unspecified atom stereocenters. The number of hydrogen-bond donors (Lipinski definition) is 1. The van der Waals surface area contributed by atoms with Crippen LogP contribution in [0.2, 0.25) is 0 Å². The molecule has 1 atom stereocenters. The summed E-state index contributed by atoms with van der Waals surface area (Å²) >= 11 is 0. The van der Waals surface area contributed by atoms with Gasteiger partial charge in [0.2, 0.25) is 0 Å². The number of anilines is 1. The van der Waals surface area contributed by atoms with Gasteiger partial charge in [0.15, 0.2) is 0 Å². The molecule has 21 heavy (non-hydrogen) atoms. The Morgan fingerprint density at radius 2 is 2.05 bits per heavy atom. The van der Waals surface area contributed by atoms with E-state index in [9.17, 15) is 0 Å². The second kappa shape index (κ2) is 5.57. The van der Waals surface area contributed by atoms with Gasteiger partial charge in [0, 0.05) is 24.2 Å². The average molecular weight is 282 g/mol. The van der Waals surface area contributed by atoms with Crippen LogP contribution in [0.1, 0.15) is 36.5 Å². The van der Waals surface area contributed by atoms with Gasteiger partial charge in [-0.15, -0.1) is 0 Å². The average Bonchev–Trinajstić information content (AvgIpc) is 3.08. The molecular formula is C18H22N2O. The molecule has 1 aliphatic carbocycles. The zero-order valence-electron chi connectivity index (χ0n) is 12.3. The van der Waals surface area contributed by atoms with Crippen LogP contribution in [0.5, 0.6) is 0 Å². The van der Waals surface area contributed by atoms with Crippen LogP contribution in [0.4, 0.5) is 5.69 Å². The molecule has 1 aromatic carbocycles. The Morgan fingerprint density at radius 1 is 1.14 bits per heavy atom. The summed E-state index contributed by atoms with van der Waals surface area (Å²) in [4.78, 5) is 2.60. The van der Waals surface area contributed by atoms with Gasteiger partial charge in [-0.05, 0) is 49.6 Å². The van der Waals surface area contributed by atoms with E-state index >= 15 is 0 Å². The lowest BCUT2D eigenvalue weighted by Gasteiger charge is -2.22. The molecule has 3 heteroatoms. The van der Waals surface area contributed by atoms with Gasteiger partial charge in [-0.2, -0.15) is 0 Å². The van der Waals surface area contributed by atoms with Gasteiger partial charge in [-0.25, -0.2) is 0 Å². The van der Waals surface area contributed by atoms with E-state index in [4.69, 9.17) is 4.42 Å². The first-order valence-electron chi connectivity index (χ1n) is 7.99. The summed E-state index contributed by atoms with van der Waals surface area (Å²) in [5, 5.41) is 3.53. The topological polar surface area (TPSA) is 28.4 Å². The molecule has 2 heterocycles. The first-order chi connectivity index (χ1) is 10.4. The highest BCUT2D eigenvalue weighted by atomic mass is 16.3. The van der Waals surface area contributed by atoms with Crippen LogP contribution in [0.15, 0.2) is 47.1 Å². The van der Waals surface area contributed by atoms with E-state index in [2.05, 4.69) is 40.5 Å². The van der Waals surface area contributed by atoms with Gasteiger partial charge in [0.05, 0.1) is 12.8 Å². The third-order valence-electron chi connectivity index (χ3n) is 4.71. The molecule has 0 spiro atoms. The molecule has 110 valence electrons. The lowest BCUT2D eigenvalue weighted by atomic mass is 9.97. The maximum absolute atomic E-state index is 5.52. The lowest BCUT2D eigenvalue weighted by Crippen LogP contribution is -2.27. The highest BCUT2D eigenvalue weighted by molar-refractivity contribution is 5.57. The van der Waals surface area contributed by atoms with Gasteiger partial charge < -0.3 is 9.73 Å². The summed E-state index contributed by atoms with van der Waals surface area (Å²) in [6.07, 6.45) is 5.69. The molecule has 0 bridgehead atoms. The van der Waals surface area contributed by atoms with Crippen LogP contribution in [0.3, 0.4) is 0 Å². The number of nitrogens with zero attached hydrogens (tertiary/aromatic N) is 1. The van der Waals surface area contributed by atoms with E-state index < -0.39 is 0 Å². The summed E-state index contributed by atoms with van der Waals surface area (Å²) < 4.78 is 5.52. The molecule has 0 radical (unpaired) electrons. The minimum atomic E-state index is 0.652. The number of nitrogens with one attached hydrogen (secondary N) is 1. The predicted molar refractivity (Wildman–Crippen MR) is 84.4 cm³/mol. The Balaban J connectivity index is 1.39. The van der Waals surface area contributed by atoms with Crippen LogP contribution in [-0.4, -0.2) is 24.0 Å². The Bertz CT molecular complexity index is 589. The zero-order chi connectivity index (χ0) is 14.1. The summed E-state index contributed by atoms with van der Waals surface area (Å²) in [5.74, 6) is 1.74. The molecule has 1 fully saturated rings.